The Morgan fingerprint density at radius 2 is 2.44 bits per heavy atom. The SMILES string of the molecule is CCOC(=O)c1scc2c1CCC(=NO)C2. The standard InChI is InChI=1S/C11H13NO3S/c1-2-15-11(13)10-9-4-3-8(12-14)5-7(9)6-16-10/h6,14H,2-5H2,1H3. The first-order chi connectivity index (χ1) is 7.76. The summed E-state index contributed by atoms with van der Waals surface area (Å²) in [5, 5.41) is 13.9. The van der Waals surface area contributed by atoms with Crippen LogP contribution in [0.1, 0.15) is 34.1 Å². The molecule has 1 aliphatic rings. The highest BCUT2D eigenvalue weighted by Gasteiger charge is 2.23. The fourth-order valence-corrected chi connectivity index (χ4v) is 2.89. The van der Waals surface area contributed by atoms with Crippen molar-refractivity contribution < 1.29 is 14.7 Å². The zero-order chi connectivity index (χ0) is 11.5. The molecule has 16 heavy (non-hydrogen) atoms. The van der Waals surface area contributed by atoms with Crippen LogP contribution in [0, 0.1) is 0 Å². The van der Waals surface area contributed by atoms with Crippen LogP contribution >= 0.6 is 11.3 Å². The molecule has 1 N–H and O–H groups in total. The molecule has 2 rings (SSSR count). The molecule has 0 aliphatic heterocycles. The van der Waals surface area contributed by atoms with Crippen molar-refractivity contribution in [3.63, 3.8) is 0 Å². The van der Waals surface area contributed by atoms with Crippen LogP contribution in [0.5, 0.6) is 0 Å². The Kier molecular flexibility index (Phi) is 3.24. The highest BCUT2D eigenvalue weighted by atomic mass is 32.1. The zero-order valence-electron chi connectivity index (χ0n) is 9.02. The van der Waals surface area contributed by atoms with Crippen LogP contribution in [0.4, 0.5) is 0 Å². The van der Waals surface area contributed by atoms with Crippen LogP contribution in [-0.4, -0.2) is 23.5 Å². The van der Waals surface area contributed by atoms with Crippen molar-refractivity contribution >= 4 is 23.0 Å². The zero-order valence-corrected chi connectivity index (χ0v) is 9.84. The topological polar surface area (TPSA) is 58.9 Å². The fourth-order valence-electron chi connectivity index (χ4n) is 1.87. The van der Waals surface area contributed by atoms with E-state index in [0.717, 1.165) is 23.3 Å². The Morgan fingerprint density at radius 3 is 3.12 bits per heavy atom. The smallest absolute Gasteiger partial charge is 0.348 e. The summed E-state index contributed by atoms with van der Waals surface area (Å²) < 4.78 is 5.00. The van der Waals surface area contributed by atoms with Crippen molar-refractivity contribution in [1.29, 1.82) is 0 Å². The summed E-state index contributed by atoms with van der Waals surface area (Å²) in [5.41, 5.74) is 2.93. The van der Waals surface area contributed by atoms with Gasteiger partial charge in [0.05, 0.1) is 12.3 Å². The van der Waals surface area contributed by atoms with Gasteiger partial charge in [-0.15, -0.1) is 11.3 Å². The Balaban J connectivity index is 2.26. The maximum absolute atomic E-state index is 11.6. The number of hydrogen-bond acceptors (Lipinski definition) is 5. The molecule has 1 heterocycles. The van der Waals surface area contributed by atoms with Gasteiger partial charge in [-0.2, -0.15) is 0 Å². The van der Waals surface area contributed by atoms with E-state index in [9.17, 15) is 4.79 Å². The molecule has 0 saturated carbocycles. The average molecular weight is 239 g/mol. The number of esters is 1. The second kappa shape index (κ2) is 4.65. The summed E-state index contributed by atoms with van der Waals surface area (Å²) in [7, 11) is 0. The molecule has 4 nitrogen and oxygen atoms in total. The fraction of sp³-hybridized carbons (Fsp3) is 0.455. The Hall–Kier alpha value is -1.36. The largest absolute Gasteiger partial charge is 0.462 e. The summed E-state index contributed by atoms with van der Waals surface area (Å²) in [5.74, 6) is -0.238. The third kappa shape index (κ3) is 1.95. The van der Waals surface area contributed by atoms with Gasteiger partial charge in [-0.25, -0.2) is 4.79 Å². The molecule has 0 spiro atoms. The number of oxime groups is 1. The Bertz CT molecular complexity index is 436. The highest BCUT2D eigenvalue weighted by Crippen LogP contribution is 2.29. The molecule has 0 atom stereocenters. The quantitative estimate of drug-likeness (QED) is 0.489. The molecule has 0 radical (unpaired) electrons. The van der Waals surface area contributed by atoms with Gasteiger partial charge in [0.25, 0.3) is 0 Å². The molecule has 1 aromatic rings. The third-order valence-corrected chi connectivity index (χ3v) is 3.69. The van der Waals surface area contributed by atoms with E-state index < -0.39 is 0 Å². The van der Waals surface area contributed by atoms with Gasteiger partial charge in [0, 0.05) is 6.42 Å². The van der Waals surface area contributed by atoms with Gasteiger partial charge in [0.2, 0.25) is 0 Å². The monoisotopic (exact) mass is 239 g/mol. The first kappa shape index (κ1) is 11.1. The van der Waals surface area contributed by atoms with Crippen LogP contribution in [0.2, 0.25) is 0 Å². The maximum atomic E-state index is 11.6. The number of thiophene rings is 1. The van der Waals surface area contributed by atoms with Gasteiger partial charge in [-0.05, 0) is 36.3 Å². The molecule has 0 bridgehead atoms. The average Bonchev–Trinajstić information content (AvgIpc) is 2.71. The van der Waals surface area contributed by atoms with Crippen molar-refractivity contribution in [3.8, 4) is 0 Å². The first-order valence-electron chi connectivity index (χ1n) is 5.22. The lowest BCUT2D eigenvalue weighted by Gasteiger charge is -2.13. The predicted octanol–water partition coefficient (Wildman–Crippen LogP) is 2.24. The van der Waals surface area contributed by atoms with Crippen molar-refractivity contribution in [2.45, 2.75) is 26.2 Å². The van der Waals surface area contributed by atoms with E-state index in [0.29, 0.717) is 24.3 Å². The Morgan fingerprint density at radius 1 is 1.62 bits per heavy atom. The summed E-state index contributed by atoms with van der Waals surface area (Å²) in [6, 6.07) is 0. The number of rotatable bonds is 2. The minimum Gasteiger partial charge on any atom is -0.462 e. The number of fused-ring (bicyclic) bond motifs is 1. The highest BCUT2D eigenvalue weighted by molar-refractivity contribution is 7.12. The third-order valence-electron chi connectivity index (χ3n) is 2.64. The van der Waals surface area contributed by atoms with Gasteiger partial charge in [-0.1, -0.05) is 5.16 Å². The molecule has 0 unspecified atom stereocenters. The second-order valence-electron chi connectivity index (χ2n) is 3.63. The van der Waals surface area contributed by atoms with Gasteiger partial charge < -0.3 is 9.94 Å². The lowest BCUT2D eigenvalue weighted by molar-refractivity contribution is 0.0531. The summed E-state index contributed by atoms with van der Waals surface area (Å²) >= 11 is 1.41. The van der Waals surface area contributed by atoms with E-state index in [4.69, 9.17) is 9.94 Å². The number of hydrogen-bond donors (Lipinski definition) is 1. The molecular formula is C11H13NO3S. The van der Waals surface area contributed by atoms with Gasteiger partial charge in [0.15, 0.2) is 0 Å². The van der Waals surface area contributed by atoms with Crippen LogP contribution < -0.4 is 0 Å². The second-order valence-corrected chi connectivity index (χ2v) is 4.51. The van der Waals surface area contributed by atoms with E-state index in [1.165, 1.54) is 11.3 Å². The molecule has 0 amide bonds. The van der Waals surface area contributed by atoms with E-state index in [1.54, 1.807) is 6.92 Å². The molecule has 1 aromatic heterocycles. The van der Waals surface area contributed by atoms with Gasteiger partial charge in [0.1, 0.15) is 4.88 Å². The van der Waals surface area contributed by atoms with Crippen molar-refractivity contribution in [1.82, 2.24) is 0 Å². The van der Waals surface area contributed by atoms with E-state index in [1.807, 2.05) is 5.38 Å². The van der Waals surface area contributed by atoms with Crippen LogP contribution in [0.25, 0.3) is 0 Å². The lowest BCUT2D eigenvalue weighted by Crippen LogP contribution is -2.15. The molecule has 0 aromatic carbocycles. The van der Waals surface area contributed by atoms with Crippen LogP contribution in [-0.2, 0) is 17.6 Å². The molecule has 1 aliphatic carbocycles. The van der Waals surface area contributed by atoms with Gasteiger partial charge >= 0.3 is 5.97 Å². The minimum absolute atomic E-state index is 0.238. The predicted molar refractivity (Wildman–Crippen MR) is 61.5 cm³/mol. The van der Waals surface area contributed by atoms with Gasteiger partial charge in [-0.3, -0.25) is 0 Å². The van der Waals surface area contributed by atoms with Crippen molar-refractivity contribution in [3.05, 3.63) is 21.4 Å². The van der Waals surface area contributed by atoms with E-state index in [-0.39, 0.29) is 5.97 Å². The maximum Gasteiger partial charge on any atom is 0.348 e. The molecule has 86 valence electrons. The number of nitrogens with zero attached hydrogens (tertiary/aromatic N) is 1. The number of carbonyl (C=O) groups excluding carboxylic acids is 1. The molecule has 0 fully saturated rings. The normalized spacial score (nSPS) is 17.2. The summed E-state index contributed by atoms with van der Waals surface area (Å²) in [6.07, 6.45) is 2.11. The van der Waals surface area contributed by atoms with Crippen molar-refractivity contribution in [2.24, 2.45) is 5.16 Å². The molecule has 0 saturated heterocycles. The number of carbonyl (C=O) groups is 1. The van der Waals surface area contributed by atoms with Crippen LogP contribution in [0.3, 0.4) is 0 Å². The first-order valence-corrected chi connectivity index (χ1v) is 6.10. The Labute approximate surface area is 97.5 Å². The summed E-state index contributed by atoms with van der Waals surface area (Å²) in [6.45, 7) is 2.20. The summed E-state index contributed by atoms with van der Waals surface area (Å²) in [4.78, 5) is 12.3. The van der Waals surface area contributed by atoms with E-state index in [2.05, 4.69) is 5.16 Å². The lowest BCUT2D eigenvalue weighted by atomic mass is 9.92. The molecular weight excluding hydrogens is 226 g/mol. The van der Waals surface area contributed by atoms with E-state index >= 15 is 0 Å². The number of ether oxygens (including phenoxy) is 1. The van der Waals surface area contributed by atoms with Crippen LogP contribution in [0.15, 0.2) is 10.5 Å². The molecule has 5 heteroatoms. The minimum atomic E-state index is -0.238. The van der Waals surface area contributed by atoms with Crippen molar-refractivity contribution in [2.75, 3.05) is 6.61 Å².